The maximum atomic E-state index is 5.90. The van der Waals surface area contributed by atoms with Crippen molar-refractivity contribution in [2.75, 3.05) is 13.2 Å². The van der Waals surface area contributed by atoms with Crippen LogP contribution < -0.4 is 9.47 Å². The summed E-state index contributed by atoms with van der Waals surface area (Å²) in [4.78, 5) is 0. The molecule has 4 heteroatoms. The SMILES string of the molecule is CCCCCCCCCCCCOc1ccc(N=Nc2ccc(OCCCCCCCCCCCC)cc2)cc1. The van der Waals surface area contributed by atoms with Gasteiger partial charge in [0.15, 0.2) is 0 Å². The molecule has 0 aliphatic heterocycles. The van der Waals surface area contributed by atoms with Crippen LogP contribution in [0.3, 0.4) is 0 Å². The first-order valence-corrected chi connectivity index (χ1v) is 16.7. The highest BCUT2D eigenvalue weighted by Crippen LogP contribution is 2.23. The van der Waals surface area contributed by atoms with E-state index in [1.165, 1.54) is 116 Å². The number of hydrogen-bond acceptors (Lipinski definition) is 4. The van der Waals surface area contributed by atoms with Crippen LogP contribution in [-0.4, -0.2) is 13.2 Å². The van der Waals surface area contributed by atoms with Crippen molar-refractivity contribution in [3.63, 3.8) is 0 Å². The van der Waals surface area contributed by atoms with Gasteiger partial charge in [0.2, 0.25) is 0 Å². The summed E-state index contributed by atoms with van der Waals surface area (Å²) in [5, 5.41) is 8.74. The lowest BCUT2D eigenvalue weighted by Crippen LogP contribution is -1.97. The minimum Gasteiger partial charge on any atom is -0.494 e. The first kappa shape index (κ1) is 33.8. The van der Waals surface area contributed by atoms with E-state index in [9.17, 15) is 0 Å². The Balaban J connectivity index is 1.50. The van der Waals surface area contributed by atoms with E-state index in [-0.39, 0.29) is 0 Å². The Hall–Kier alpha value is -2.36. The van der Waals surface area contributed by atoms with Crippen LogP contribution in [0.1, 0.15) is 142 Å². The molecule has 2 rings (SSSR count). The Morgan fingerprint density at radius 2 is 0.650 bits per heavy atom. The monoisotopic (exact) mass is 550 g/mol. The summed E-state index contributed by atoms with van der Waals surface area (Å²) in [5.74, 6) is 1.80. The predicted molar refractivity (Wildman–Crippen MR) is 172 cm³/mol. The largest absolute Gasteiger partial charge is 0.494 e. The molecule has 0 spiro atoms. The summed E-state index contributed by atoms with van der Waals surface area (Å²) in [6.45, 7) is 6.12. The number of benzene rings is 2. The van der Waals surface area contributed by atoms with E-state index in [1.807, 2.05) is 48.5 Å². The zero-order chi connectivity index (χ0) is 28.4. The highest BCUT2D eigenvalue weighted by Gasteiger charge is 1.99. The van der Waals surface area contributed by atoms with Gasteiger partial charge in [0, 0.05) is 0 Å². The fraction of sp³-hybridized carbons (Fsp3) is 0.667. The third-order valence-electron chi connectivity index (χ3n) is 7.49. The molecule has 0 radical (unpaired) electrons. The van der Waals surface area contributed by atoms with Gasteiger partial charge in [-0.25, -0.2) is 0 Å². The van der Waals surface area contributed by atoms with E-state index in [1.54, 1.807) is 0 Å². The van der Waals surface area contributed by atoms with Gasteiger partial charge in [0.1, 0.15) is 11.5 Å². The molecular weight excluding hydrogens is 492 g/mol. The molecule has 0 aliphatic carbocycles. The Bertz CT molecular complexity index is 777. The fourth-order valence-corrected chi connectivity index (χ4v) is 4.89. The van der Waals surface area contributed by atoms with E-state index in [2.05, 4.69) is 24.1 Å². The second kappa shape index (κ2) is 24.4. The molecule has 0 bridgehead atoms. The van der Waals surface area contributed by atoms with Gasteiger partial charge in [0.05, 0.1) is 24.6 Å². The van der Waals surface area contributed by atoms with Crippen LogP contribution in [0.15, 0.2) is 58.8 Å². The van der Waals surface area contributed by atoms with Crippen LogP contribution in [0.2, 0.25) is 0 Å². The molecule has 0 atom stereocenters. The molecule has 0 aliphatic rings. The lowest BCUT2D eigenvalue weighted by Gasteiger charge is -2.07. The molecule has 0 N–H and O–H groups in total. The van der Waals surface area contributed by atoms with Crippen molar-refractivity contribution in [2.45, 2.75) is 142 Å². The van der Waals surface area contributed by atoms with Crippen LogP contribution in [0.25, 0.3) is 0 Å². The summed E-state index contributed by atoms with van der Waals surface area (Å²) < 4.78 is 11.8. The lowest BCUT2D eigenvalue weighted by molar-refractivity contribution is 0.304. The van der Waals surface area contributed by atoms with Crippen molar-refractivity contribution in [1.82, 2.24) is 0 Å². The molecule has 0 aromatic heterocycles. The summed E-state index contributed by atoms with van der Waals surface area (Å²) in [5.41, 5.74) is 1.65. The normalized spacial score (nSPS) is 11.3. The summed E-state index contributed by atoms with van der Waals surface area (Å²) in [6, 6.07) is 15.8. The van der Waals surface area contributed by atoms with Crippen LogP contribution in [0.5, 0.6) is 11.5 Å². The van der Waals surface area contributed by atoms with Crippen molar-refractivity contribution >= 4 is 11.4 Å². The Morgan fingerprint density at radius 3 is 0.950 bits per heavy atom. The second-order valence-corrected chi connectivity index (χ2v) is 11.2. The maximum Gasteiger partial charge on any atom is 0.119 e. The van der Waals surface area contributed by atoms with Gasteiger partial charge in [0.25, 0.3) is 0 Å². The number of hydrogen-bond donors (Lipinski definition) is 0. The molecular formula is C36H58N2O2. The van der Waals surface area contributed by atoms with Crippen LogP contribution >= 0.6 is 0 Å². The minimum atomic E-state index is 0.783. The number of nitrogens with zero attached hydrogens (tertiary/aromatic N) is 2. The van der Waals surface area contributed by atoms with Gasteiger partial charge in [-0.3, -0.25) is 0 Å². The number of unbranched alkanes of at least 4 members (excludes halogenated alkanes) is 18. The highest BCUT2D eigenvalue weighted by atomic mass is 16.5. The molecule has 0 unspecified atom stereocenters. The minimum absolute atomic E-state index is 0.783. The molecule has 40 heavy (non-hydrogen) atoms. The Labute approximate surface area is 246 Å². The van der Waals surface area contributed by atoms with Gasteiger partial charge >= 0.3 is 0 Å². The third-order valence-corrected chi connectivity index (χ3v) is 7.49. The van der Waals surface area contributed by atoms with Gasteiger partial charge in [-0.15, -0.1) is 0 Å². The van der Waals surface area contributed by atoms with Crippen molar-refractivity contribution < 1.29 is 9.47 Å². The molecule has 0 fully saturated rings. The van der Waals surface area contributed by atoms with Gasteiger partial charge in [-0.2, -0.15) is 10.2 Å². The first-order chi connectivity index (χ1) is 19.8. The molecule has 2 aromatic rings. The van der Waals surface area contributed by atoms with E-state index < -0.39 is 0 Å². The van der Waals surface area contributed by atoms with Crippen molar-refractivity contribution in [3.8, 4) is 11.5 Å². The quantitative estimate of drug-likeness (QED) is 0.0863. The predicted octanol–water partition coefficient (Wildman–Crippen LogP) is 12.7. The van der Waals surface area contributed by atoms with Crippen LogP contribution in [-0.2, 0) is 0 Å². The van der Waals surface area contributed by atoms with Gasteiger partial charge < -0.3 is 9.47 Å². The number of ether oxygens (including phenoxy) is 2. The number of rotatable bonds is 26. The van der Waals surface area contributed by atoms with E-state index in [0.29, 0.717) is 0 Å². The molecule has 224 valence electrons. The van der Waals surface area contributed by atoms with Crippen LogP contribution in [0, 0.1) is 0 Å². The van der Waals surface area contributed by atoms with E-state index in [0.717, 1.165) is 48.9 Å². The number of azo groups is 1. The van der Waals surface area contributed by atoms with Crippen LogP contribution in [0.4, 0.5) is 11.4 Å². The maximum absolute atomic E-state index is 5.90. The Morgan fingerprint density at radius 1 is 0.375 bits per heavy atom. The van der Waals surface area contributed by atoms with Gasteiger partial charge in [-0.1, -0.05) is 129 Å². The molecule has 4 nitrogen and oxygen atoms in total. The van der Waals surface area contributed by atoms with Crippen molar-refractivity contribution in [2.24, 2.45) is 10.2 Å². The molecule has 0 heterocycles. The topological polar surface area (TPSA) is 43.2 Å². The van der Waals surface area contributed by atoms with Crippen molar-refractivity contribution in [1.29, 1.82) is 0 Å². The average molecular weight is 551 g/mol. The second-order valence-electron chi connectivity index (χ2n) is 11.2. The Kier molecular flexibility index (Phi) is 20.7. The van der Waals surface area contributed by atoms with Crippen molar-refractivity contribution in [3.05, 3.63) is 48.5 Å². The molecule has 0 saturated heterocycles. The van der Waals surface area contributed by atoms with E-state index >= 15 is 0 Å². The molecule has 0 amide bonds. The summed E-state index contributed by atoms with van der Waals surface area (Å²) in [6.07, 6.45) is 26.8. The van der Waals surface area contributed by atoms with E-state index in [4.69, 9.17) is 9.47 Å². The molecule has 2 aromatic carbocycles. The third kappa shape index (κ3) is 18.1. The smallest absolute Gasteiger partial charge is 0.119 e. The zero-order valence-electron chi connectivity index (χ0n) is 25.9. The lowest BCUT2D eigenvalue weighted by atomic mass is 10.1. The fourth-order valence-electron chi connectivity index (χ4n) is 4.89. The standard InChI is InChI=1S/C36H58N2O2/c1-3-5-7-9-11-13-15-17-19-21-31-39-35-27-23-33(24-28-35)37-38-34-25-29-36(30-26-34)40-32-22-20-18-16-14-12-10-8-6-4-2/h23-30H,3-22,31-32H2,1-2H3. The first-order valence-electron chi connectivity index (χ1n) is 16.7. The summed E-state index contributed by atoms with van der Waals surface area (Å²) >= 11 is 0. The highest BCUT2D eigenvalue weighted by molar-refractivity contribution is 5.44. The zero-order valence-corrected chi connectivity index (χ0v) is 25.9. The van der Waals surface area contributed by atoms with Gasteiger partial charge in [-0.05, 0) is 61.4 Å². The summed E-state index contributed by atoms with van der Waals surface area (Å²) in [7, 11) is 0. The molecule has 0 saturated carbocycles. The average Bonchev–Trinajstić information content (AvgIpc) is 2.99.